The largest absolute Gasteiger partial charge is 0.356 e. The molecule has 0 saturated heterocycles. The van der Waals surface area contributed by atoms with Crippen LogP contribution in [0.3, 0.4) is 0 Å². The maximum atomic E-state index is 13.8. The molecule has 228 valence electrons. The van der Waals surface area contributed by atoms with Crippen molar-refractivity contribution in [2.24, 2.45) is 5.92 Å². The Hall–Kier alpha value is -3.78. The number of aromatic nitrogens is 3. The number of rotatable bonds is 9. The first-order valence-corrected chi connectivity index (χ1v) is 16.9. The first kappa shape index (κ1) is 30.3. The van der Waals surface area contributed by atoms with Gasteiger partial charge in [-0.05, 0) is 97.1 Å². The maximum absolute atomic E-state index is 13.8. The third kappa shape index (κ3) is 6.80. The number of hydrogen-bond acceptors (Lipinski definition) is 7. The van der Waals surface area contributed by atoms with Crippen molar-refractivity contribution >= 4 is 66.8 Å². The number of thiocarbonyl (C=S) groups is 2. The van der Waals surface area contributed by atoms with Gasteiger partial charge in [0.05, 0.1) is 40.7 Å². The van der Waals surface area contributed by atoms with Gasteiger partial charge in [0.15, 0.2) is 10.2 Å². The molecule has 2 aliphatic carbocycles. The van der Waals surface area contributed by atoms with E-state index in [2.05, 4.69) is 36.0 Å². The van der Waals surface area contributed by atoms with Gasteiger partial charge >= 0.3 is 0 Å². The zero-order chi connectivity index (χ0) is 30.8. The normalized spacial score (nSPS) is 17.7. The minimum absolute atomic E-state index is 0.154. The van der Waals surface area contributed by atoms with Crippen molar-refractivity contribution in [2.45, 2.75) is 56.0 Å². The first-order chi connectivity index (χ1) is 21.2. The molecule has 5 N–H and O–H groups in total. The lowest BCUT2D eigenvalue weighted by Gasteiger charge is -2.20. The van der Waals surface area contributed by atoms with Crippen LogP contribution in [-0.4, -0.2) is 40.1 Å². The summed E-state index contributed by atoms with van der Waals surface area (Å²) in [6.45, 7) is 4.29. The third-order valence-corrected chi connectivity index (χ3v) is 9.59. The van der Waals surface area contributed by atoms with Crippen LogP contribution in [0.25, 0.3) is 10.8 Å². The highest BCUT2D eigenvalue weighted by molar-refractivity contribution is 7.89. The zero-order valence-corrected chi connectivity index (χ0v) is 26.8. The van der Waals surface area contributed by atoms with Crippen LogP contribution in [0, 0.1) is 5.92 Å². The highest BCUT2D eigenvalue weighted by atomic mass is 32.2. The third-order valence-electron chi connectivity index (χ3n) is 7.69. The zero-order valence-electron chi connectivity index (χ0n) is 24.4. The van der Waals surface area contributed by atoms with Crippen LogP contribution < -0.4 is 26.0 Å². The summed E-state index contributed by atoms with van der Waals surface area (Å²) in [4.78, 5) is 13.3. The smallest absolute Gasteiger partial charge is 0.241 e. The first-order valence-electron chi connectivity index (χ1n) is 14.6. The summed E-state index contributed by atoms with van der Waals surface area (Å²) < 4.78 is 30.5. The Balaban J connectivity index is 1.41. The van der Waals surface area contributed by atoms with E-state index >= 15 is 0 Å². The molecule has 2 atom stereocenters. The van der Waals surface area contributed by atoms with Gasteiger partial charge in [0.1, 0.15) is 0 Å². The molecule has 2 aliphatic rings. The second kappa shape index (κ2) is 12.7. The lowest BCUT2D eigenvalue weighted by molar-refractivity contribution is 0.548. The summed E-state index contributed by atoms with van der Waals surface area (Å²) in [6.07, 6.45) is 11.3. The number of sulfonamides is 1. The van der Waals surface area contributed by atoms with Crippen molar-refractivity contribution in [1.29, 1.82) is 0 Å². The predicted octanol–water partition coefficient (Wildman–Crippen LogP) is 5.30. The number of fused-ring (bicyclic) bond motifs is 3. The molecule has 44 heavy (non-hydrogen) atoms. The summed E-state index contributed by atoms with van der Waals surface area (Å²) in [5, 5.41) is 15.5. The summed E-state index contributed by atoms with van der Waals surface area (Å²) in [5.74, 6) is 0.517. The molecular weight excluding hydrogens is 613 g/mol. The Morgan fingerprint density at radius 1 is 0.909 bits per heavy atom. The molecule has 3 aromatic heterocycles. The molecule has 0 amide bonds. The van der Waals surface area contributed by atoms with E-state index in [1.807, 2.05) is 50.4 Å². The van der Waals surface area contributed by atoms with E-state index in [1.54, 1.807) is 30.9 Å². The van der Waals surface area contributed by atoms with E-state index < -0.39 is 10.0 Å². The minimum atomic E-state index is -3.84. The van der Waals surface area contributed by atoms with Crippen molar-refractivity contribution in [3.05, 3.63) is 84.2 Å². The summed E-state index contributed by atoms with van der Waals surface area (Å²) in [6, 6.07) is 10.6. The van der Waals surface area contributed by atoms with Gasteiger partial charge in [-0.1, -0.05) is 13.8 Å². The Morgan fingerprint density at radius 2 is 1.55 bits per heavy atom. The SMILES string of the molecule is CC(C)CNS(=O)(=O)c1cc2c(c3cnc(C4CC4)cc13)[C@@H](NC(=S)Nc1cccnc1)C[C@H]2NC(=S)Nc1cccnc1. The van der Waals surface area contributed by atoms with Gasteiger partial charge in [-0.2, -0.15) is 0 Å². The van der Waals surface area contributed by atoms with Gasteiger partial charge in [0.2, 0.25) is 10.0 Å². The van der Waals surface area contributed by atoms with Crippen LogP contribution in [0.1, 0.15) is 67.9 Å². The van der Waals surface area contributed by atoms with Crippen LogP contribution in [-0.2, 0) is 10.0 Å². The Morgan fingerprint density at radius 3 is 2.11 bits per heavy atom. The summed E-state index contributed by atoms with van der Waals surface area (Å²) >= 11 is 11.4. The van der Waals surface area contributed by atoms with Gasteiger partial charge in [-0.15, -0.1) is 0 Å². The molecular formula is C31H34N8O2S3. The van der Waals surface area contributed by atoms with Crippen LogP contribution in [0.5, 0.6) is 0 Å². The van der Waals surface area contributed by atoms with E-state index in [9.17, 15) is 8.42 Å². The van der Waals surface area contributed by atoms with Crippen LogP contribution in [0.15, 0.2) is 72.3 Å². The maximum Gasteiger partial charge on any atom is 0.241 e. The number of benzene rings is 1. The van der Waals surface area contributed by atoms with Crippen LogP contribution >= 0.6 is 24.4 Å². The lowest BCUT2D eigenvalue weighted by Crippen LogP contribution is -2.34. The van der Waals surface area contributed by atoms with Crippen molar-refractivity contribution in [1.82, 2.24) is 30.3 Å². The fraction of sp³-hybridized carbons (Fsp3) is 0.323. The number of nitrogens with zero attached hydrogens (tertiary/aromatic N) is 3. The Bertz CT molecular complexity index is 1800. The second-order valence-corrected chi connectivity index (χ2v) is 14.1. The molecule has 13 heteroatoms. The molecule has 1 saturated carbocycles. The molecule has 0 unspecified atom stereocenters. The molecule has 0 spiro atoms. The Kier molecular flexibility index (Phi) is 8.72. The fourth-order valence-corrected chi connectivity index (χ4v) is 7.44. The van der Waals surface area contributed by atoms with E-state index in [0.717, 1.165) is 46.4 Å². The second-order valence-electron chi connectivity index (χ2n) is 11.6. The van der Waals surface area contributed by atoms with Crippen molar-refractivity contribution in [3.63, 3.8) is 0 Å². The predicted molar refractivity (Wildman–Crippen MR) is 181 cm³/mol. The van der Waals surface area contributed by atoms with Gasteiger partial charge in [-0.3, -0.25) is 15.0 Å². The van der Waals surface area contributed by atoms with Gasteiger partial charge in [0.25, 0.3) is 0 Å². The number of anilines is 2. The molecule has 1 aromatic carbocycles. The molecule has 0 aliphatic heterocycles. The monoisotopic (exact) mass is 646 g/mol. The van der Waals surface area contributed by atoms with E-state index in [-0.39, 0.29) is 22.9 Å². The van der Waals surface area contributed by atoms with Gasteiger partial charge in [0, 0.05) is 47.5 Å². The van der Waals surface area contributed by atoms with Crippen LogP contribution in [0.2, 0.25) is 0 Å². The summed E-state index contributed by atoms with van der Waals surface area (Å²) in [7, 11) is -3.84. The van der Waals surface area contributed by atoms with E-state index in [4.69, 9.17) is 29.4 Å². The fourth-order valence-electron chi connectivity index (χ4n) is 5.47. The molecule has 0 bridgehead atoms. The average molecular weight is 647 g/mol. The topological polar surface area (TPSA) is 133 Å². The number of hydrogen-bond donors (Lipinski definition) is 5. The van der Waals surface area contributed by atoms with Crippen LogP contribution in [0.4, 0.5) is 11.4 Å². The molecule has 6 rings (SSSR count). The summed E-state index contributed by atoms with van der Waals surface area (Å²) in [5.41, 5.74) is 4.19. The Labute approximate surface area is 267 Å². The molecule has 1 fully saturated rings. The minimum Gasteiger partial charge on any atom is -0.356 e. The van der Waals surface area contributed by atoms with Gasteiger partial charge in [-0.25, -0.2) is 13.1 Å². The van der Waals surface area contributed by atoms with E-state index in [0.29, 0.717) is 34.5 Å². The molecule has 4 aromatic rings. The highest BCUT2D eigenvalue weighted by Gasteiger charge is 2.37. The number of nitrogens with one attached hydrogen (secondary N) is 5. The lowest BCUT2D eigenvalue weighted by atomic mass is 9.98. The quantitative estimate of drug-likeness (QED) is 0.152. The van der Waals surface area contributed by atoms with Crippen molar-refractivity contribution in [2.75, 3.05) is 17.2 Å². The van der Waals surface area contributed by atoms with Crippen molar-refractivity contribution < 1.29 is 8.42 Å². The highest BCUT2D eigenvalue weighted by Crippen LogP contribution is 2.46. The van der Waals surface area contributed by atoms with Gasteiger partial charge < -0.3 is 21.3 Å². The van der Waals surface area contributed by atoms with Crippen molar-refractivity contribution in [3.8, 4) is 0 Å². The number of pyridine rings is 3. The average Bonchev–Trinajstić information content (AvgIpc) is 3.80. The molecule has 0 radical (unpaired) electrons. The van der Waals surface area contributed by atoms with E-state index in [1.165, 1.54) is 0 Å². The molecule has 3 heterocycles. The standard InChI is InChI=1S/C31H34N8O2S3/c1-18(2)14-35-44(40,41)28-12-23-26(38-30(42)36-20-5-3-9-32-15-20)13-27(39-31(43)37-21-6-4-10-33-16-21)29(23)24-17-34-25(11-22(24)28)19-7-8-19/h3-6,9-12,15-19,26-27,35H,7-8,13-14H2,1-2H3,(H2,36,38,42)(H2,37,39,43)/t26-,27+/m1/s1. The molecule has 10 nitrogen and oxygen atoms in total.